The highest BCUT2D eigenvalue weighted by molar-refractivity contribution is 5.67. The summed E-state index contributed by atoms with van der Waals surface area (Å²) >= 11 is 0. The van der Waals surface area contributed by atoms with Gasteiger partial charge in [0.1, 0.15) is 19.8 Å². The highest BCUT2D eigenvalue weighted by Gasteiger charge is 2.10. The minimum Gasteiger partial charge on any atom is -0.485 e. The van der Waals surface area contributed by atoms with Crippen LogP contribution in [0.2, 0.25) is 0 Å². The number of nitrogens with one attached hydrogen (secondary N) is 2. The minimum absolute atomic E-state index is 0.0948. The number of alkyl carbamates (subject to hydrolysis) is 1. The number of rotatable bonds is 20. The summed E-state index contributed by atoms with van der Waals surface area (Å²) in [4.78, 5) is 12.1. The van der Waals surface area contributed by atoms with E-state index in [9.17, 15) is 4.79 Å². The molecule has 0 unspecified atom stereocenters. The third kappa shape index (κ3) is 12.9. The zero-order chi connectivity index (χ0) is 28.1. The van der Waals surface area contributed by atoms with Gasteiger partial charge in [-0.05, 0) is 35.9 Å². The average molecular weight is 553 g/mol. The van der Waals surface area contributed by atoms with Crippen molar-refractivity contribution in [1.82, 2.24) is 10.6 Å². The SMILES string of the molecule is CNCCOCCOCCOCCNC(=O)OCc1ccc(OCc2ccccc2)c(OCc2ccccc2)c1. The van der Waals surface area contributed by atoms with Crippen LogP contribution in [-0.2, 0) is 38.8 Å². The zero-order valence-electron chi connectivity index (χ0n) is 23.1. The zero-order valence-corrected chi connectivity index (χ0v) is 23.1. The maximum atomic E-state index is 12.1. The number of hydrogen-bond acceptors (Lipinski definition) is 8. The average Bonchev–Trinajstić information content (AvgIpc) is 3.00. The summed E-state index contributed by atoms with van der Waals surface area (Å²) < 4.78 is 33.8. The van der Waals surface area contributed by atoms with Crippen molar-refractivity contribution >= 4 is 6.09 Å². The fraction of sp³-hybridized carbons (Fsp3) is 0.387. The van der Waals surface area contributed by atoms with Gasteiger partial charge in [-0.25, -0.2) is 4.79 Å². The van der Waals surface area contributed by atoms with Gasteiger partial charge in [0.05, 0.1) is 39.6 Å². The predicted molar refractivity (Wildman–Crippen MR) is 153 cm³/mol. The van der Waals surface area contributed by atoms with Crippen molar-refractivity contribution in [3.63, 3.8) is 0 Å². The van der Waals surface area contributed by atoms with Gasteiger partial charge in [0.25, 0.3) is 0 Å². The number of amides is 1. The van der Waals surface area contributed by atoms with Gasteiger partial charge < -0.3 is 39.1 Å². The summed E-state index contributed by atoms with van der Waals surface area (Å²) in [5.41, 5.74) is 2.89. The van der Waals surface area contributed by atoms with E-state index in [-0.39, 0.29) is 6.61 Å². The van der Waals surface area contributed by atoms with Crippen LogP contribution in [0.5, 0.6) is 11.5 Å². The van der Waals surface area contributed by atoms with Gasteiger partial charge in [-0.2, -0.15) is 0 Å². The molecule has 3 aromatic rings. The second kappa shape index (κ2) is 19.4. The molecule has 1 amide bonds. The number of carbonyl (C=O) groups excluding carboxylic acids is 1. The maximum absolute atomic E-state index is 12.1. The minimum atomic E-state index is -0.519. The molecule has 0 spiro atoms. The van der Waals surface area contributed by atoms with E-state index in [4.69, 9.17) is 28.4 Å². The standard InChI is InChI=1S/C31H40N2O7/c1-32-14-16-35-18-20-37-21-19-36-17-15-33-31(34)40-25-28-12-13-29(38-23-26-8-4-2-5-9-26)30(22-28)39-24-27-10-6-3-7-11-27/h2-13,22,32H,14-21,23-25H2,1H3,(H,33,34). The van der Waals surface area contributed by atoms with E-state index in [2.05, 4.69) is 10.6 Å². The molecule has 9 heteroatoms. The molecule has 0 aliphatic carbocycles. The molecular weight excluding hydrogens is 512 g/mol. The quantitative estimate of drug-likeness (QED) is 0.200. The third-order valence-corrected chi connectivity index (χ3v) is 5.61. The van der Waals surface area contributed by atoms with Crippen molar-refractivity contribution in [1.29, 1.82) is 0 Å². The van der Waals surface area contributed by atoms with E-state index in [0.29, 0.717) is 70.9 Å². The Morgan fingerprint density at radius 3 is 1.75 bits per heavy atom. The lowest BCUT2D eigenvalue weighted by atomic mass is 10.2. The Morgan fingerprint density at radius 2 is 1.15 bits per heavy atom. The lowest BCUT2D eigenvalue weighted by Crippen LogP contribution is -2.28. The molecule has 0 saturated heterocycles. The van der Waals surface area contributed by atoms with E-state index < -0.39 is 6.09 Å². The van der Waals surface area contributed by atoms with Crippen LogP contribution in [0, 0.1) is 0 Å². The van der Waals surface area contributed by atoms with Crippen molar-refractivity contribution < 1.29 is 33.2 Å². The molecule has 0 aliphatic rings. The van der Waals surface area contributed by atoms with Gasteiger partial charge >= 0.3 is 6.09 Å². The Balaban J connectivity index is 1.37. The summed E-state index contributed by atoms with van der Waals surface area (Å²) in [6, 6.07) is 25.4. The highest BCUT2D eigenvalue weighted by atomic mass is 16.6. The second-order valence-electron chi connectivity index (χ2n) is 8.77. The topological polar surface area (TPSA) is 96.5 Å². The molecule has 0 atom stereocenters. The Bertz CT molecular complexity index is 1080. The number of benzene rings is 3. The summed E-state index contributed by atoms with van der Waals surface area (Å²) in [6.07, 6.45) is -0.519. The number of likely N-dealkylation sites (N-methyl/N-ethyl adjacent to an activating group) is 1. The third-order valence-electron chi connectivity index (χ3n) is 5.61. The van der Waals surface area contributed by atoms with Gasteiger partial charge in [0, 0.05) is 13.1 Å². The lowest BCUT2D eigenvalue weighted by molar-refractivity contribution is 0.0158. The first-order chi connectivity index (χ1) is 19.7. The van der Waals surface area contributed by atoms with E-state index in [0.717, 1.165) is 23.2 Å². The smallest absolute Gasteiger partial charge is 0.407 e. The fourth-order valence-corrected chi connectivity index (χ4v) is 3.49. The van der Waals surface area contributed by atoms with Crippen molar-refractivity contribution in [2.75, 3.05) is 59.8 Å². The van der Waals surface area contributed by atoms with Crippen molar-refractivity contribution in [2.45, 2.75) is 19.8 Å². The first-order valence-electron chi connectivity index (χ1n) is 13.5. The molecular formula is C31H40N2O7. The molecule has 2 N–H and O–H groups in total. The van der Waals surface area contributed by atoms with Crippen LogP contribution in [0.4, 0.5) is 4.79 Å². The Labute approximate surface area is 236 Å². The van der Waals surface area contributed by atoms with Crippen LogP contribution in [0.1, 0.15) is 16.7 Å². The predicted octanol–water partition coefficient (Wildman–Crippen LogP) is 4.34. The lowest BCUT2D eigenvalue weighted by Gasteiger charge is -2.15. The van der Waals surface area contributed by atoms with Crippen LogP contribution in [0.3, 0.4) is 0 Å². The van der Waals surface area contributed by atoms with Gasteiger partial charge in [-0.3, -0.25) is 0 Å². The van der Waals surface area contributed by atoms with Crippen molar-refractivity contribution in [2.24, 2.45) is 0 Å². The summed E-state index contributed by atoms with van der Waals surface area (Å²) in [7, 11) is 1.88. The molecule has 40 heavy (non-hydrogen) atoms. The summed E-state index contributed by atoms with van der Waals surface area (Å²) in [6.45, 7) is 5.08. The number of ether oxygens (including phenoxy) is 6. The Hall–Kier alpha value is -3.63. The van der Waals surface area contributed by atoms with Crippen LogP contribution < -0.4 is 20.1 Å². The monoisotopic (exact) mass is 552 g/mol. The van der Waals surface area contributed by atoms with E-state index in [1.54, 1.807) is 0 Å². The number of carbonyl (C=O) groups is 1. The Kier molecular flexibility index (Phi) is 15.0. The maximum Gasteiger partial charge on any atom is 0.407 e. The molecule has 0 bridgehead atoms. The molecule has 3 aromatic carbocycles. The number of hydrogen-bond donors (Lipinski definition) is 2. The van der Waals surface area contributed by atoms with Gasteiger partial charge in [0.15, 0.2) is 11.5 Å². The summed E-state index contributed by atoms with van der Waals surface area (Å²) in [5.74, 6) is 1.21. The van der Waals surface area contributed by atoms with Crippen LogP contribution in [0.15, 0.2) is 78.9 Å². The molecule has 0 heterocycles. The van der Waals surface area contributed by atoms with E-state index in [1.165, 1.54) is 0 Å². The van der Waals surface area contributed by atoms with E-state index >= 15 is 0 Å². The molecule has 216 valence electrons. The molecule has 0 saturated carbocycles. The first kappa shape index (κ1) is 30.9. The van der Waals surface area contributed by atoms with Crippen molar-refractivity contribution in [3.05, 3.63) is 95.6 Å². The molecule has 0 aromatic heterocycles. The fourth-order valence-electron chi connectivity index (χ4n) is 3.49. The Morgan fingerprint density at radius 1 is 0.600 bits per heavy atom. The van der Waals surface area contributed by atoms with Crippen LogP contribution in [0.25, 0.3) is 0 Å². The molecule has 3 rings (SSSR count). The van der Waals surface area contributed by atoms with Gasteiger partial charge in [-0.15, -0.1) is 0 Å². The normalized spacial score (nSPS) is 10.7. The largest absolute Gasteiger partial charge is 0.485 e. The van der Waals surface area contributed by atoms with Crippen molar-refractivity contribution in [3.8, 4) is 11.5 Å². The summed E-state index contributed by atoms with van der Waals surface area (Å²) in [5, 5.41) is 5.70. The van der Waals surface area contributed by atoms with E-state index in [1.807, 2.05) is 85.9 Å². The van der Waals surface area contributed by atoms with Gasteiger partial charge in [0.2, 0.25) is 0 Å². The first-order valence-corrected chi connectivity index (χ1v) is 13.5. The molecule has 9 nitrogen and oxygen atoms in total. The van der Waals surface area contributed by atoms with Crippen LogP contribution >= 0.6 is 0 Å². The molecule has 0 radical (unpaired) electrons. The second-order valence-corrected chi connectivity index (χ2v) is 8.77. The molecule has 0 aliphatic heterocycles. The van der Waals surface area contributed by atoms with Gasteiger partial charge in [-0.1, -0.05) is 66.7 Å². The van der Waals surface area contributed by atoms with Crippen LogP contribution in [-0.4, -0.2) is 65.9 Å². The molecule has 0 fully saturated rings. The highest BCUT2D eigenvalue weighted by Crippen LogP contribution is 2.30.